The van der Waals surface area contributed by atoms with E-state index in [1.807, 2.05) is 0 Å². The van der Waals surface area contributed by atoms with Gasteiger partial charge in [-0.25, -0.2) is 19.3 Å². The van der Waals surface area contributed by atoms with Crippen molar-refractivity contribution in [3.8, 4) is 28.6 Å². The molecule has 0 radical (unpaired) electrons. The Morgan fingerprint density at radius 1 is 1.10 bits per heavy atom. The molecular weight excluding hydrogens is 410 g/mol. The number of amides is 1. The molecule has 0 unspecified atom stereocenters. The van der Waals surface area contributed by atoms with Crippen LogP contribution in [0.2, 0.25) is 5.02 Å². The zero-order chi connectivity index (χ0) is 21.4. The van der Waals surface area contributed by atoms with Crippen molar-refractivity contribution in [2.75, 3.05) is 14.2 Å². The van der Waals surface area contributed by atoms with Gasteiger partial charge in [0.15, 0.2) is 28.7 Å². The minimum atomic E-state index is -0.809. The van der Waals surface area contributed by atoms with Crippen LogP contribution in [0.4, 0.5) is 0 Å². The first-order chi connectivity index (χ1) is 14.4. The summed E-state index contributed by atoms with van der Waals surface area (Å²) >= 11 is 6.27. The van der Waals surface area contributed by atoms with Crippen LogP contribution in [0.15, 0.2) is 47.3 Å². The van der Waals surface area contributed by atoms with Crippen molar-refractivity contribution in [1.29, 1.82) is 0 Å². The van der Waals surface area contributed by atoms with Gasteiger partial charge in [-0.05, 0) is 24.3 Å². The predicted molar refractivity (Wildman–Crippen MR) is 112 cm³/mol. The topological polar surface area (TPSA) is 125 Å². The Balaban J connectivity index is 2.05. The van der Waals surface area contributed by atoms with Gasteiger partial charge in [-0.15, -0.1) is 0 Å². The highest BCUT2D eigenvalue weighted by Gasteiger charge is 2.21. The van der Waals surface area contributed by atoms with Crippen LogP contribution in [0.25, 0.3) is 28.2 Å². The first-order valence-electron chi connectivity index (χ1n) is 8.74. The molecule has 0 fully saturated rings. The average molecular weight is 426 g/mol. The van der Waals surface area contributed by atoms with Gasteiger partial charge in [-0.1, -0.05) is 23.7 Å². The second-order valence-corrected chi connectivity index (χ2v) is 6.65. The molecule has 10 heteroatoms. The molecule has 1 amide bonds. The number of nitrogens with zero attached hydrogens (tertiary/aromatic N) is 3. The number of nitrogens with two attached hydrogens (primary N) is 1. The van der Waals surface area contributed by atoms with Crippen LogP contribution in [0, 0.1) is 0 Å². The molecule has 0 bridgehead atoms. The largest absolute Gasteiger partial charge is 0.493 e. The summed E-state index contributed by atoms with van der Waals surface area (Å²) in [5.74, 6) is 0.275. The molecule has 2 heterocycles. The molecule has 0 spiro atoms. The summed E-state index contributed by atoms with van der Waals surface area (Å²) in [7, 11) is 3.00. The fraction of sp³-hybridized carbons (Fsp3) is 0.100. The highest BCUT2D eigenvalue weighted by molar-refractivity contribution is 6.33. The molecular formula is C20H16ClN5O4. The molecule has 152 valence electrons. The van der Waals surface area contributed by atoms with Crippen LogP contribution < -0.4 is 20.9 Å². The first kappa shape index (κ1) is 19.5. The van der Waals surface area contributed by atoms with Gasteiger partial charge in [0.25, 0.3) is 5.91 Å². The Hall–Kier alpha value is -3.85. The summed E-state index contributed by atoms with van der Waals surface area (Å²) < 4.78 is 11.9. The summed E-state index contributed by atoms with van der Waals surface area (Å²) in [6.07, 6.45) is 0. The summed E-state index contributed by atoms with van der Waals surface area (Å²) in [6, 6.07) is 11.8. The standard InChI is InChI=1S/C20H16ClN5O4/c1-29-13-8-7-10(9-14(13)30-2)26-19-16(24-20(26)28)15(17(22)27)23-18(25-19)11-5-3-4-6-12(11)21/h3-9H,1-2H3,(H2,22,27)(H,24,28). The third-order valence-corrected chi connectivity index (χ3v) is 4.84. The lowest BCUT2D eigenvalue weighted by atomic mass is 10.2. The Bertz CT molecular complexity index is 1350. The van der Waals surface area contributed by atoms with Crippen molar-refractivity contribution in [1.82, 2.24) is 19.5 Å². The maximum atomic E-state index is 12.8. The van der Waals surface area contributed by atoms with Gasteiger partial charge >= 0.3 is 5.69 Å². The molecule has 4 aromatic rings. The van der Waals surface area contributed by atoms with E-state index in [0.29, 0.717) is 27.8 Å². The normalized spacial score (nSPS) is 10.9. The summed E-state index contributed by atoms with van der Waals surface area (Å²) in [5.41, 5.74) is 6.11. The predicted octanol–water partition coefficient (Wildman–Crippen LogP) is 2.55. The van der Waals surface area contributed by atoms with Crippen molar-refractivity contribution in [2.45, 2.75) is 0 Å². The molecule has 0 saturated carbocycles. The molecule has 2 aromatic carbocycles. The number of aromatic amines is 1. The van der Waals surface area contributed by atoms with Crippen LogP contribution in [0.1, 0.15) is 10.5 Å². The fourth-order valence-electron chi connectivity index (χ4n) is 3.13. The molecule has 30 heavy (non-hydrogen) atoms. The van der Waals surface area contributed by atoms with Crippen molar-refractivity contribution in [3.63, 3.8) is 0 Å². The van der Waals surface area contributed by atoms with E-state index in [1.54, 1.807) is 42.5 Å². The third kappa shape index (κ3) is 3.15. The number of halogens is 1. The van der Waals surface area contributed by atoms with Gasteiger partial charge < -0.3 is 20.2 Å². The van der Waals surface area contributed by atoms with Gasteiger partial charge in [0.2, 0.25) is 0 Å². The van der Waals surface area contributed by atoms with Crippen molar-refractivity contribution < 1.29 is 14.3 Å². The molecule has 0 atom stereocenters. The number of aromatic nitrogens is 4. The first-order valence-corrected chi connectivity index (χ1v) is 9.12. The second kappa shape index (κ2) is 7.53. The van der Waals surface area contributed by atoms with Crippen LogP contribution in [0.5, 0.6) is 11.5 Å². The number of carbonyl (C=O) groups is 1. The number of hydrogen-bond acceptors (Lipinski definition) is 6. The van der Waals surface area contributed by atoms with Gasteiger partial charge in [-0.3, -0.25) is 4.79 Å². The molecule has 4 rings (SSSR count). The van der Waals surface area contributed by atoms with E-state index < -0.39 is 11.6 Å². The Kier molecular flexibility index (Phi) is 4.88. The van der Waals surface area contributed by atoms with Crippen LogP contribution in [-0.2, 0) is 0 Å². The number of benzene rings is 2. The number of imidazole rings is 1. The maximum Gasteiger partial charge on any atom is 0.332 e. The maximum absolute atomic E-state index is 12.8. The summed E-state index contributed by atoms with van der Waals surface area (Å²) in [4.78, 5) is 36.2. The minimum Gasteiger partial charge on any atom is -0.493 e. The van der Waals surface area contributed by atoms with Crippen LogP contribution in [0.3, 0.4) is 0 Å². The summed E-state index contributed by atoms with van der Waals surface area (Å²) in [5, 5.41) is 0.391. The van der Waals surface area contributed by atoms with Gasteiger partial charge in [0.1, 0.15) is 5.52 Å². The fourth-order valence-corrected chi connectivity index (χ4v) is 3.35. The third-order valence-electron chi connectivity index (χ3n) is 4.51. The van der Waals surface area contributed by atoms with E-state index in [9.17, 15) is 9.59 Å². The van der Waals surface area contributed by atoms with E-state index in [4.69, 9.17) is 26.8 Å². The molecule has 0 aliphatic carbocycles. The van der Waals surface area contributed by atoms with E-state index in [0.717, 1.165) is 0 Å². The minimum absolute atomic E-state index is 0.119. The lowest BCUT2D eigenvalue weighted by molar-refractivity contribution is 0.0997. The Morgan fingerprint density at radius 2 is 1.83 bits per heavy atom. The summed E-state index contributed by atoms with van der Waals surface area (Å²) in [6.45, 7) is 0. The van der Waals surface area contributed by atoms with E-state index in [2.05, 4.69) is 15.0 Å². The molecule has 0 aliphatic heterocycles. The second-order valence-electron chi connectivity index (χ2n) is 6.24. The SMILES string of the molecule is COc1ccc(-n2c(=O)[nH]c3c(C(N)=O)nc(-c4ccccc4Cl)nc32)cc1OC. The quantitative estimate of drug-likeness (QED) is 0.506. The van der Waals surface area contributed by atoms with Crippen LogP contribution >= 0.6 is 11.6 Å². The molecule has 3 N–H and O–H groups in total. The monoisotopic (exact) mass is 425 g/mol. The van der Waals surface area contributed by atoms with Gasteiger partial charge in [0.05, 0.1) is 24.9 Å². The lowest BCUT2D eigenvalue weighted by Crippen LogP contribution is -2.15. The number of hydrogen-bond donors (Lipinski definition) is 2. The van der Waals surface area contributed by atoms with Gasteiger partial charge in [-0.2, -0.15) is 0 Å². The lowest BCUT2D eigenvalue weighted by Gasteiger charge is -2.11. The molecule has 9 nitrogen and oxygen atoms in total. The van der Waals surface area contributed by atoms with Crippen molar-refractivity contribution in [3.05, 3.63) is 63.7 Å². The average Bonchev–Trinajstić information content (AvgIpc) is 3.08. The number of H-pyrrole nitrogens is 1. The van der Waals surface area contributed by atoms with Crippen molar-refractivity contribution in [2.24, 2.45) is 5.73 Å². The number of fused-ring (bicyclic) bond motifs is 1. The number of primary amides is 1. The number of methoxy groups -OCH3 is 2. The van der Waals surface area contributed by atoms with Crippen LogP contribution in [-0.4, -0.2) is 39.6 Å². The highest BCUT2D eigenvalue weighted by Crippen LogP contribution is 2.31. The molecule has 0 saturated heterocycles. The van der Waals surface area contributed by atoms with Crippen molar-refractivity contribution >= 4 is 28.7 Å². The molecule has 0 aliphatic rings. The molecule has 2 aromatic heterocycles. The van der Waals surface area contributed by atoms with E-state index in [1.165, 1.54) is 18.8 Å². The zero-order valence-corrected chi connectivity index (χ0v) is 16.7. The number of rotatable bonds is 5. The number of carbonyl (C=O) groups excluding carboxylic acids is 1. The highest BCUT2D eigenvalue weighted by atomic mass is 35.5. The smallest absolute Gasteiger partial charge is 0.332 e. The van der Waals surface area contributed by atoms with Gasteiger partial charge in [0, 0.05) is 11.6 Å². The zero-order valence-electron chi connectivity index (χ0n) is 16.0. The number of nitrogens with one attached hydrogen (secondary N) is 1. The Morgan fingerprint density at radius 3 is 2.50 bits per heavy atom. The Labute approximate surface area is 175 Å². The van der Waals surface area contributed by atoms with E-state index >= 15 is 0 Å². The van der Waals surface area contributed by atoms with E-state index in [-0.39, 0.29) is 22.7 Å². The number of ether oxygens (including phenoxy) is 2.